The molecule has 0 amide bonds. The number of carbonyl (C=O) groups is 2. The number of ether oxygens (including phenoxy) is 2. The van der Waals surface area contributed by atoms with Crippen molar-refractivity contribution in [2.75, 3.05) is 13.2 Å². The van der Waals surface area contributed by atoms with E-state index in [4.69, 9.17) is 9.47 Å². The predicted molar refractivity (Wildman–Crippen MR) is 78.6 cm³/mol. The summed E-state index contributed by atoms with van der Waals surface area (Å²) in [6.45, 7) is 4.47. The summed E-state index contributed by atoms with van der Waals surface area (Å²) in [5, 5.41) is 0. The zero-order valence-corrected chi connectivity index (χ0v) is 13.8. The molecule has 0 aromatic rings. The minimum atomic E-state index is -2.03. The molecule has 0 bridgehead atoms. The number of esters is 2. The van der Waals surface area contributed by atoms with Gasteiger partial charge in [0.05, 0.1) is 13.2 Å². The first-order valence-corrected chi connectivity index (χ1v) is 8.07. The van der Waals surface area contributed by atoms with Crippen LogP contribution in [0.15, 0.2) is 0 Å². The molecule has 0 saturated heterocycles. The maximum Gasteiger partial charge on any atom is 0.342 e. The third kappa shape index (κ3) is 8.51. The van der Waals surface area contributed by atoms with Gasteiger partial charge in [0.15, 0.2) is 4.83 Å². The fourth-order valence-electron chi connectivity index (χ4n) is 1.45. The minimum absolute atomic E-state index is 0.179. The highest BCUT2D eigenvalue weighted by Crippen LogP contribution is 2.14. The first-order chi connectivity index (χ1) is 9.54. The summed E-state index contributed by atoms with van der Waals surface area (Å²) in [6, 6.07) is 0. The monoisotopic (exact) mass is 354 g/mol. The molecule has 0 rings (SSSR count). The smallest absolute Gasteiger partial charge is 0.342 e. The predicted octanol–water partition coefficient (Wildman–Crippen LogP) is 3.55. The molecule has 20 heavy (non-hydrogen) atoms. The number of rotatable bonds is 11. The number of carbonyl (C=O) groups excluding carboxylic acids is 2. The van der Waals surface area contributed by atoms with Crippen LogP contribution in [0, 0.1) is 0 Å². The van der Waals surface area contributed by atoms with Crippen molar-refractivity contribution in [3.63, 3.8) is 0 Å². The van der Waals surface area contributed by atoms with Gasteiger partial charge in [-0.15, -0.1) is 0 Å². The largest absolute Gasteiger partial charge is 0.465 e. The fraction of sp³-hybridized carbons (Fsp3) is 0.857. The zero-order chi connectivity index (χ0) is 15.4. The van der Waals surface area contributed by atoms with E-state index in [1.165, 1.54) is 0 Å². The van der Waals surface area contributed by atoms with Crippen LogP contribution >= 0.6 is 15.9 Å². The molecule has 0 aromatic carbocycles. The van der Waals surface area contributed by atoms with Gasteiger partial charge in [-0.25, -0.2) is 9.18 Å². The van der Waals surface area contributed by atoms with Crippen molar-refractivity contribution >= 4 is 27.9 Å². The van der Waals surface area contributed by atoms with Crippen molar-refractivity contribution in [3.05, 3.63) is 0 Å². The lowest BCUT2D eigenvalue weighted by Crippen LogP contribution is -2.35. The van der Waals surface area contributed by atoms with E-state index < -0.39 is 22.9 Å². The van der Waals surface area contributed by atoms with Gasteiger partial charge in [0.2, 0.25) is 6.17 Å². The molecule has 0 saturated carbocycles. The van der Waals surface area contributed by atoms with E-state index in [1.807, 2.05) is 13.8 Å². The van der Waals surface area contributed by atoms with Crippen molar-refractivity contribution in [2.24, 2.45) is 0 Å². The van der Waals surface area contributed by atoms with Crippen LogP contribution in [0.25, 0.3) is 0 Å². The summed E-state index contributed by atoms with van der Waals surface area (Å²) in [7, 11) is 0. The standard InChI is InChI=1S/C14H24BrFO4/c1-3-5-7-9-19-13(17)11(15)12(16)14(18)20-10-8-6-4-2/h11-12H,3-10H2,1-2H3/t11-,12-/m0/s1. The van der Waals surface area contributed by atoms with E-state index in [2.05, 4.69) is 15.9 Å². The van der Waals surface area contributed by atoms with Crippen molar-refractivity contribution in [1.29, 1.82) is 0 Å². The molecule has 0 aliphatic rings. The highest BCUT2D eigenvalue weighted by molar-refractivity contribution is 9.10. The Hall–Kier alpha value is -0.650. The van der Waals surface area contributed by atoms with Gasteiger partial charge in [-0.3, -0.25) is 4.79 Å². The normalized spacial score (nSPS) is 13.6. The molecule has 0 unspecified atom stereocenters. The van der Waals surface area contributed by atoms with Gasteiger partial charge in [-0.2, -0.15) is 0 Å². The average molecular weight is 355 g/mol. The molecule has 4 nitrogen and oxygen atoms in total. The Bertz CT molecular complexity index is 258. The maximum atomic E-state index is 13.7. The molecule has 0 spiro atoms. The van der Waals surface area contributed by atoms with Gasteiger partial charge >= 0.3 is 11.9 Å². The Kier molecular flexibility index (Phi) is 11.7. The van der Waals surface area contributed by atoms with Crippen LogP contribution in [0.3, 0.4) is 0 Å². The van der Waals surface area contributed by atoms with Gasteiger partial charge in [0.1, 0.15) is 0 Å². The van der Waals surface area contributed by atoms with Crippen molar-refractivity contribution in [2.45, 2.75) is 63.4 Å². The van der Waals surface area contributed by atoms with Crippen LogP contribution in [-0.2, 0) is 19.1 Å². The summed E-state index contributed by atoms with van der Waals surface area (Å²) in [5.74, 6) is -1.78. The lowest BCUT2D eigenvalue weighted by molar-refractivity contribution is -0.155. The molecule has 0 N–H and O–H groups in total. The van der Waals surface area contributed by atoms with Crippen molar-refractivity contribution in [1.82, 2.24) is 0 Å². The molecule has 0 radical (unpaired) electrons. The lowest BCUT2D eigenvalue weighted by atomic mass is 10.2. The van der Waals surface area contributed by atoms with Crippen molar-refractivity contribution in [3.8, 4) is 0 Å². The molecule has 118 valence electrons. The topological polar surface area (TPSA) is 52.6 Å². The summed E-state index contributed by atoms with van der Waals surface area (Å²) in [5.41, 5.74) is 0. The molecule has 0 aliphatic carbocycles. The zero-order valence-electron chi connectivity index (χ0n) is 12.2. The van der Waals surface area contributed by atoms with E-state index in [-0.39, 0.29) is 13.2 Å². The summed E-state index contributed by atoms with van der Waals surface area (Å²) in [4.78, 5) is 21.6. The van der Waals surface area contributed by atoms with Gasteiger partial charge in [0.25, 0.3) is 0 Å². The third-order valence-corrected chi connectivity index (χ3v) is 3.53. The number of unbranched alkanes of at least 4 members (excludes halogenated alkanes) is 4. The van der Waals surface area contributed by atoms with Crippen LogP contribution in [0.4, 0.5) is 4.39 Å². The van der Waals surface area contributed by atoms with Gasteiger partial charge in [-0.05, 0) is 12.8 Å². The van der Waals surface area contributed by atoms with Crippen LogP contribution in [-0.4, -0.2) is 36.2 Å². The van der Waals surface area contributed by atoms with Crippen LogP contribution in [0.1, 0.15) is 52.4 Å². The molecule has 0 fully saturated rings. The van der Waals surface area contributed by atoms with Crippen molar-refractivity contribution < 1.29 is 23.5 Å². The molecule has 2 atom stereocenters. The summed E-state index contributed by atoms with van der Waals surface area (Å²) < 4.78 is 23.4. The van der Waals surface area contributed by atoms with Gasteiger partial charge in [-0.1, -0.05) is 55.5 Å². The fourth-order valence-corrected chi connectivity index (χ4v) is 1.80. The van der Waals surface area contributed by atoms with E-state index in [0.29, 0.717) is 6.42 Å². The molecule has 6 heteroatoms. The summed E-state index contributed by atoms with van der Waals surface area (Å²) in [6.07, 6.45) is 3.26. The minimum Gasteiger partial charge on any atom is -0.465 e. The third-order valence-electron chi connectivity index (χ3n) is 2.69. The lowest BCUT2D eigenvalue weighted by Gasteiger charge is -2.14. The van der Waals surface area contributed by atoms with Crippen LogP contribution in [0.2, 0.25) is 0 Å². The molecular formula is C14H24BrFO4. The Morgan fingerprint density at radius 1 is 0.950 bits per heavy atom. The van der Waals surface area contributed by atoms with Gasteiger partial charge in [0, 0.05) is 0 Å². The Balaban J connectivity index is 3.95. The van der Waals surface area contributed by atoms with E-state index in [9.17, 15) is 14.0 Å². The molecular weight excluding hydrogens is 331 g/mol. The Labute approximate surface area is 128 Å². The number of halogens is 2. The van der Waals surface area contributed by atoms with Gasteiger partial charge < -0.3 is 9.47 Å². The highest BCUT2D eigenvalue weighted by atomic mass is 79.9. The first kappa shape index (κ1) is 19.4. The first-order valence-electron chi connectivity index (χ1n) is 7.16. The van der Waals surface area contributed by atoms with E-state index in [1.54, 1.807) is 0 Å². The second-order valence-corrected chi connectivity index (χ2v) is 5.54. The van der Waals surface area contributed by atoms with Crippen LogP contribution < -0.4 is 0 Å². The second-order valence-electron chi connectivity index (χ2n) is 4.55. The average Bonchev–Trinajstić information content (AvgIpc) is 2.46. The quantitative estimate of drug-likeness (QED) is 0.323. The number of hydrogen-bond donors (Lipinski definition) is 0. The van der Waals surface area contributed by atoms with E-state index >= 15 is 0 Å². The number of hydrogen-bond acceptors (Lipinski definition) is 4. The molecule has 0 aromatic heterocycles. The SMILES string of the molecule is CCCCCOC(=O)[C@@H](F)[C@H](Br)C(=O)OCCCCC. The Morgan fingerprint density at radius 3 is 1.85 bits per heavy atom. The molecule has 0 heterocycles. The second kappa shape index (κ2) is 12.1. The molecule has 0 aliphatic heterocycles. The van der Waals surface area contributed by atoms with E-state index in [0.717, 1.165) is 32.1 Å². The summed E-state index contributed by atoms with van der Waals surface area (Å²) >= 11 is 2.85. The highest BCUT2D eigenvalue weighted by Gasteiger charge is 2.34. The Morgan fingerprint density at radius 2 is 1.40 bits per heavy atom. The number of alkyl halides is 2. The maximum absolute atomic E-state index is 13.7. The van der Waals surface area contributed by atoms with Crippen LogP contribution in [0.5, 0.6) is 0 Å².